The first-order valence-corrected chi connectivity index (χ1v) is 10.8. The Balaban J connectivity index is 1.89. The maximum absolute atomic E-state index is 13.5. The maximum atomic E-state index is 13.5. The van der Waals surface area contributed by atoms with Crippen molar-refractivity contribution in [2.45, 2.75) is 65.0 Å². The quantitative estimate of drug-likeness (QED) is 0.740. The lowest BCUT2D eigenvalue weighted by Crippen LogP contribution is -2.47. The normalized spacial score (nSPS) is 18.4. The lowest BCUT2D eigenvalue weighted by atomic mass is 9.95. The lowest BCUT2D eigenvalue weighted by Gasteiger charge is -2.33. The Morgan fingerprint density at radius 2 is 1.97 bits per heavy atom. The summed E-state index contributed by atoms with van der Waals surface area (Å²) in [5.74, 6) is 0.0172. The van der Waals surface area contributed by atoms with E-state index in [4.69, 9.17) is 4.74 Å². The van der Waals surface area contributed by atoms with Crippen LogP contribution in [-0.2, 0) is 16.0 Å². The van der Waals surface area contributed by atoms with E-state index in [9.17, 15) is 9.59 Å². The summed E-state index contributed by atoms with van der Waals surface area (Å²) in [6.45, 7) is 8.67. The van der Waals surface area contributed by atoms with E-state index in [0.717, 1.165) is 36.2 Å². The highest BCUT2D eigenvalue weighted by Gasteiger charge is 2.31. The van der Waals surface area contributed by atoms with Crippen molar-refractivity contribution in [1.29, 1.82) is 0 Å². The number of anilines is 1. The van der Waals surface area contributed by atoms with Crippen LogP contribution in [0.2, 0.25) is 0 Å². The molecule has 1 aliphatic carbocycles. The first-order valence-electron chi connectivity index (χ1n) is 10.8. The predicted molar refractivity (Wildman–Crippen MR) is 119 cm³/mol. The van der Waals surface area contributed by atoms with Crippen LogP contribution < -0.4 is 15.5 Å². The Hall–Kier alpha value is -2.60. The predicted octanol–water partition coefficient (Wildman–Crippen LogP) is 4.07. The molecule has 30 heavy (non-hydrogen) atoms. The van der Waals surface area contributed by atoms with Crippen LogP contribution in [0, 0.1) is 0 Å². The molecule has 0 bridgehead atoms. The zero-order valence-corrected chi connectivity index (χ0v) is 18.5. The zero-order chi connectivity index (χ0) is 21.7. The largest absolute Gasteiger partial charge is 0.450 e. The van der Waals surface area contributed by atoms with E-state index in [1.54, 1.807) is 6.92 Å². The van der Waals surface area contributed by atoms with E-state index < -0.39 is 6.09 Å². The minimum Gasteiger partial charge on any atom is -0.450 e. The molecule has 0 aromatic heterocycles. The Morgan fingerprint density at radius 3 is 2.70 bits per heavy atom. The van der Waals surface area contributed by atoms with Crippen molar-refractivity contribution in [3.8, 4) is 0 Å². The monoisotopic (exact) mass is 411 g/mol. The number of nitrogens with zero attached hydrogens (tertiary/aromatic N) is 1. The number of hydrogen-bond donors (Lipinski definition) is 2. The summed E-state index contributed by atoms with van der Waals surface area (Å²) in [7, 11) is 0. The smallest absolute Gasteiger partial charge is 0.407 e. The number of fused-ring (bicyclic) bond motifs is 1. The third kappa shape index (κ3) is 5.11. The van der Waals surface area contributed by atoms with E-state index in [1.165, 1.54) is 5.56 Å². The molecular weight excluding hydrogens is 378 g/mol. The number of carbonyl (C=O) groups excluding carboxylic acids is 2. The molecule has 1 atom stereocenters. The molecule has 3 rings (SSSR count). The Morgan fingerprint density at radius 1 is 1.20 bits per heavy atom. The molecule has 162 valence electrons. The second-order valence-corrected chi connectivity index (χ2v) is 8.46. The van der Waals surface area contributed by atoms with Gasteiger partial charge in [-0.25, -0.2) is 4.79 Å². The SMILES string of the molecule is CCOC(=O)NC1C=CC2=C(C1)N(C(=O)CNC(C)(C)CC)c1ccccc1CC2. The first kappa shape index (κ1) is 22.1. The van der Waals surface area contributed by atoms with Crippen molar-refractivity contribution >= 4 is 17.7 Å². The number of para-hydroxylation sites is 1. The summed E-state index contributed by atoms with van der Waals surface area (Å²) >= 11 is 0. The highest BCUT2D eigenvalue weighted by Crippen LogP contribution is 2.36. The molecule has 6 nitrogen and oxygen atoms in total. The van der Waals surface area contributed by atoms with Gasteiger partial charge in [0.1, 0.15) is 0 Å². The molecule has 2 amide bonds. The number of amides is 2. The molecule has 1 heterocycles. The van der Waals surface area contributed by atoms with Crippen LogP contribution >= 0.6 is 0 Å². The summed E-state index contributed by atoms with van der Waals surface area (Å²) in [5.41, 5.74) is 4.10. The number of aryl methyl sites for hydroxylation is 1. The molecule has 0 saturated carbocycles. The van der Waals surface area contributed by atoms with E-state index in [-0.39, 0.29) is 24.0 Å². The minimum absolute atomic E-state index is 0.0172. The second-order valence-electron chi connectivity index (χ2n) is 8.46. The number of ether oxygens (including phenoxy) is 1. The molecule has 0 spiro atoms. The molecule has 1 unspecified atom stereocenters. The second kappa shape index (κ2) is 9.47. The van der Waals surface area contributed by atoms with Crippen LogP contribution in [0.5, 0.6) is 0 Å². The molecule has 0 fully saturated rings. The van der Waals surface area contributed by atoms with Gasteiger partial charge in [-0.05, 0) is 57.2 Å². The fraction of sp³-hybridized carbons (Fsp3) is 0.500. The number of alkyl carbamates (subject to hydrolysis) is 1. The lowest BCUT2D eigenvalue weighted by molar-refractivity contribution is -0.117. The number of allylic oxidation sites excluding steroid dienone is 2. The van der Waals surface area contributed by atoms with E-state index >= 15 is 0 Å². The van der Waals surface area contributed by atoms with Gasteiger partial charge in [0.25, 0.3) is 0 Å². The van der Waals surface area contributed by atoms with Crippen molar-refractivity contribution in [1.82, 2.24) is 10.6 Å². The molecule has 0 saturated heterocycles. The van der Waals surface area contributed by atoms with Gasteiger partial charge in [0.15, 0.2) is 0 Å². The van der Waals surface area contributed by atoms with Crippen molar-refractivity contribution in [2.75, 3.05) is 18.1 Å². The van der Waals surface area contributed by atoms with Gasteiger partial charge in [0.05, 0.1) is 24.9 Å². The zero-order valence-electron chi connectivity index (χ0n) is 18.5. The number of benzene rings is 1. The molecule has 1 aliphatic heterocycles. The fourth-order valence-corrected chi connectivity index (χ4v) is 3.78. The van der Waals surface area contributed by atoms with Crippen LogP contribution in [0.1, 0.15) is 52.5 Å². The summed E-state index contributed by atoms with van der Waals surface area (Å²) in [4.78, 5) is 27.2. The Kier molecular flexibility index (Phi) is 6.98. The van der Waals surface area contributed by atoms with Crippen LogP contribution in [0.25, 0.3) is 0 Å². The molecule has 1 aromatic carbocycles. The highest BCUT2D eigenvalue weighted by atomic mass is 16.5. The molecule has 1 aromatic rings. The van der Waals surface area contributed by atoms with Crippen molar-refractivity contribution in [2.24, 2.45) is 0 Å². The summed E-state index contributed by atoms with van der Waals surface area (Å²) in [6.07, 6.45) is 6.84. The van der Waals surface area contributed by atoms with Crippen LogP contribution in [0.4, 0.5) is 10.5 Å². The summed E-state index contributed by atoms with van der Waals surface area (Å²) in [6, 6.07) is 7.89. The Labute approximate surface area is 179 Å². The van der Waals surface area contributed by atoms with Crippen LogP contribution in [0.15, 0.2) is 47.7 Å². The van der Waals surface area contributed by atoms with Gasteiger partial charge in [-0.3, -0.25) is 9.69 Å². The minimum atomic E-state index is -0.436. The third-order valence-corrected chi connectivity index (χ3v) is 5.91. The maximum Gasteiger partial charge on any atom is 0.407 e. The van der Waals surface area contributed by atoms with Gasteiger partial charge in [-0.1, -0.05) is 37.3 Å². The van der Waals surface area contributed by atoms with Gasteiger partial charge in [0.2, 0.25) is 5.91 Å². The average Bonchev–Trinajstić information content (AvgIpc) is 2.89. The van der Waals surface area contributed by atoms with Gasteiger partial charge in [0, 0.05) is 17.7 Å². The van der Waals surface area contributed by atoms with E-state index in [0.29, 0.717) is 13.0 Å². The number of rotatable bonds is 6. The van der Waals surface area contributed by atoms with Gasteiger partial charge >= 0.3 is 6.09 Å². The van der Waals surface area contributed by atoms with E-state index in [2.05, 4.69) is 37.5 Å². The van der Waals surface area contributed by atoms with Crippen molar-refractivity contribution < 1.29 is 14.3 Å². The van der Waals surface area contributed by atoms with Crippen LogP contribution in [-0.4, -0.2) is 36.7 Å². The molecular formula is C24H33N3O3. The third-order valence-electron chi connectivity index (χ3n) is 5.91. The topological polar surface area (TPSA) is 70.7 Å². The first-order chi connectivity index (χ1) is 14.3. The van der Waals surface area contributed by atoms with E-state index in [1.807, 2.05) is 35.3 Å². The Bertz CT molecular complexity index is 857. The number of nitrogens with one attached hydrogen (secondary N) is 2. The number of carbonyl (C=O) groups is 2. The molecule has 0 radical (unpaired) electrons. The molecule has 2 N–H and O–H groups in total. The van der Waals surface area contributed by atoms with Gasteiger partial charge in [-0.2, -0.15) is 0 Å². The fourth-order valence-electron chi connectivity index (χ4n) is 3.78. The number of hydrogen-bond acceptors (Lipinski definition) is 4. The highest BCUT2D eigenvalue weighted by molar-refractivity contribution is 5.99. The van der Waals surface area contributed by atoms with Crippen molar-refractivity contribution in [3.63, 3.8) is 0 Å². The van der Waals surface area contributed by atoms with Gasteiger partial charge in [-0.15, -0.1) is 0 Å². The standard InChI is InChI=1S/C24H33N3O3/c1-5-24(3,4)25-16-22(28)27-20-10-8-7-9-17(20)11-12-18-13-14-19(15-21(18)27)26-23(29)30-6-2/h7-10,13-14,19,25H,5-6,11-12,15-16H2,1-4H3,(H,26,29). The van der Waals surface area contributed by atoms with Crippen molar-refractivity contribution in [3.05, 3.63) is 53.3 Å². The van der Waals surface area contributed by atoms with Gasteiger partial charge < -0.3 is 15.4 Å². The molecule has 6 heteroatoms. The molecule has 2 aliphatic rings. The van der Waals surface area contributed by atoms with Crippen LogP contribution in [0.3, 0.4) is 0 Å². The summed E-state index contributed by atoms with van der Waals surface area (Å²) in [5, 5.41) is 6.28. The summed E-state index contributed by atoms with van der Waals surface area (Å²) < 4.78 is 5.03. The average molecular weight is 412 g/mol.